The second kappa shape index (κ2) is 7.93. The van der Waals surface area contributed by atoms with Crippen molar-refractivity contribution in [1.29, 1.82) is 0 Å². The summed E-state index contributed by atoms with van der Waals surface area (Å²) < 4.78 is 28.1. The minimum atomic E-state index is -0.337. The first-order chi connectivity index (χ1) is 18.1. The normalized spacial score (nSPS) is 24.7. The van der Waals surface area contributed by atoms with E-state index in [1.165, 1.54) is 25.9 Å². The van der Waals surface area contributed by atoms with Crippen molar-refractivity contribution in [3.63, 3.8) is 0 Å². The molecule has 2 aromatic heterocycles. The molecule has 5 heterocycles. The lowest BCUT2D eigenvalue weighted by atomic mass is 9.76. The van der Waals surface area contributed by atoms with Crippen LogP contribution >= 0.6 is 0 Å². The minimum Gasteiger partial charge on any atom is -0.490 e. The van der Waals surface area contributed by atoms with Crippen molar-refractivity contribution in [3.8, 4) is 22.8 Å². The quantitative estimate of drug-likeness (QED) is 0.455. The first-order valence-electron chi connectivity index (χ1n) is 13.7. The monoisotopic (exact) mass is 501 g/mol. The number of benzene rings is 1. The number of ether oxygens (including phenoxy) is 2. The van der Waals surface area contributed by atoms with E-state index in [4.69, 9.17) is 9.47 Å². The fraction of sp³-hybridized carbons (Fsp3) is 0.517. The number of nitrogens with zero attached hydrogens (tertiary/aromatic N) is 5. The summed E-state index contributed by atoms with van der Waals surface area (Å²) in [6.07, 6.45) is 9.37. The minimum absolute atomic E-state index is 0.0357. The number of hydrogen-bond donors (Lipinski definition) is 0. The Morgan fingerprint density at radius 1 is 1.16 bits per heavy atom. The summed E-state index contributed by atoms with van der Waals surface area (Å²) in [5.74, 6) is 2.75. The van der Waals surface area contributed by atoms with E-state index in [-0.39, 0.29) is 11.4 Å². The molecule has 3 aromatic rings. The molecule has 8 heteroatoms. The van der Waals surface area contributed by atoms with Gasteiger partial charge in [0.2, 0.25) is 5.88 Å². The van der Waals surface area contributed by atoms with Crippen molar-refractivity contribution in [2.24, 2.45) is 11.8 Å². The lowest BCUT2D eigenvalue weighted by Crippen LogP contribution is -2.57. The summed E-state index contributed by atoms with van der Waals surface area (Å²) in [4.78, 5) is 16.4. The van der Waals surface area contributed by atoms with Gasteiger partial charge >= 0.3 is 0 Å². The number of rotatable bonds is 6. The van der Waals surface area contributed by atoms with Gasteiger partial charge in [-0.25, -0.2) is 9.37 Å². The highest BCUT2D eigenvalue weighted by Crippen LogP contribution is 2.55. The van der Waals surface area contributed by atoms with Crippen LogP contribution in [0.15, 0.2) is 30.6 Å². The average molecular weight is 502 g/mol. The Morgan fingerprint density at radius 2 is 2.03 bits per heavy atom. The molecule has 0 N–H and O–H groups in total. The van der Waals surface area contributed by atoms with E-state index in [0.29, 0.717) is 41.5 Å². The Morgan fingerprint density at radius 3 is 2.78 bits per heavy atom. The number of halogens is 1. The molecule has 1 aromatic carbocycles. The molecule has 5 aliphatic rings. The van der Waals surface area contributed by atoms with Crippen LogP contribution in [0.3, 0.4) is 0 Å². The molecule has 1 saturated heterocycles. The molecule has 37 heavy (non-hydrogen) atoms. The first-order valence-corrected chi connectivity index (χ1v) is 13.7. The van der Waals surface area contributed by atoms with Crippen LogP contribution in [0.25, 0.3) is 22.0 Å². The smallest absolute Gasteiger partial charge is 0.213 e. The molecule has 2 aliphatic carbocycles. The van der Waals surface area contributed by atoms with Gasteiger partial charge in [0.15, 0.2) is 0 Å². The molecule has 1 spiro atoms. The molecular weight excluding hydrogens is 469 g/mol. The van der Waals surface area contributed by atoms with Gasteiger partial charge in [0, 0.05) is 50.6 Å². The Bertz CT molecular complexity index is 1380. The molecule has 0 bridgehead atoms. The zero-order valence-electron chi connectivity index (χ0n) is 21.3. The molecule has 0 radical (unpaired) electrons. The summed E-state index contributed by atoms with van der Waals surface area (Å²) >= 11 is 0. The number of fused-ring (bicyclic) bond motifs is 2. The molecule has 0 amide bonds. The maximum atomic E-state index is 15.6. The standard InChI is InChI=1S/C29H32FN5O2/c1-33-17-35-27-23(33)13-31-22-11-21(30)25(28(26(22)27)37-16-29(35)6-2-7-29)18-4-5-24(32-12-18)36-9-3-8-34-14-19-10-20(19)15-34/h4-5,11-13,19-20H,2-3,6-10,14-17H2,1H3. The molecule has 2 saturated carbocycles. The van der Waals surface area contributed by atoms with Crippen LogP contribution in [-0.2, 0) is 0 Å². The van der Waals surface area contributed by atoms with Gasteiger partial charge in [0.05, 0.1) is 52.9 Å². The van der Waals surface area contributed by atoms with Crippen LogP contribution in [-0.4, -0.2) is 67.0 Å². The van der Waals surface area contributed by atoms with Crippen molar-refractivity contribution < 1.29 is 13.9 Å². The van der Waals surface area contributed by atoms with Gasteiger partial charge in [0.25, 0.3) is 0 Å². The lowest BCUT2D eigenvalue weighted by Gasteiger charge is -2.48. The van der Waals surface area contributed by atoms with Gasteiger partial charge in [-0.15, -0.1) is 0 Å². The number of anilines is 2. The highest BCUT2D eigenvalue weighted by molar-refractivity contribution is 6.07. The van der Waals surface area contributed by atoms with Gasteiger partial charge in [-0.05, 0) is 50.0 Å². The molecule has 8 rings (SSSR count). The van der Waals surface area contributed by atoms with Crippen LogP contribution < -0.4 is 19.3 Å². The molecule has 3 aliphatic heterocycles. The number of pyridine rings is 2. The largest absolute Gasteiger partial charge is 0.490 e. The van der Waals surface area contributed by atoms with Gasteiger partial charge in [0.1, 0.15) is 18.2 Å². The third-order valence-electron chi connectivity index (χ3n) is 9.34. The number of aromatic nitrogens is 2. The first kappa shape index (κ1) is 21.9. The van der Waals surface area contributed by atoms with Crippen LogP contribution in [0.1, 0.15) is 32.1 Å². The fourth-order valence-corrected chi connectivity index (χ4v) is 7.02. The Kier molecular flexibility index (Phi) is 4.70. The predicted octanol–water partition coefficient (Wildman–Crippen LogP) is 4.69. The van der Waals surface area contributed by atoms with E-state index in [1.807, 2.05) is 18.3 Å². The summed E-state index contributed by atoms with van der Waals surface area (Å²) in [5, 5.41) is 0.905. The molecule has 7 nitrogen and oxygen atoms in total. The van der Waals surface area contributed by atoms with E-state index < -0.39 is 0 Å². The van der Waals surface area contributed by atoms with Crippen LogP contribution in [0, 0.1) is 17.7 Å². The lowest BCUT2D eigenvalue weighted by molar-refractivity contribution is 0.137. The van der Waals surface area contributed by atoms with Crippen molar-refractivity contribution in [3.05, 3.63) is 36.4 Å². The molecule has 2 atom stereocenters. The summed E-state index contributed by atoms with van der Waals surface area (Å²) in [7, 11) is 2.10. The Hall–Kier alpha value is -3.13. The van der Waals surface area contributed by atoms with Crippen LogP contribution in [0.4, 0.5) is 15.8 Å². The van der Waals surface area contributed by atoms with E-state index in [9.17, 15) is 0 Å². The summed E-state index contributed by atoms with van der Waals surface area (Å²) in [6, 6.07) is 5.28. The zero-order chi connectivity index (χ0) is 24.7. The van der Waals surface area contributed by atoms with Crippen molar-refractivity contribution in [2.45, 2.75) is 37.6 Å². The third-order valence-corrected chi connectivity index (χ3v) is 9.34. The molecule has 3 fully saturated rings. The predicted molar refractivity (Wildman–Crippen MR) is 141 cm³/mol. The van der Waals surface area contributed by atoms with Crippen molar-refractivity contribution in [2.75, 3.05) is 56.4 Å². The maximum absolute atomic E-state index is 15.6. The Balaban J connectivity index is 1.09. The average Bonchev–Trinajstić information content (AvgIpc) is 3.39. The van der Waals surface area contributed by atoms with Gasteiger partial charge in [-0.3, -0.25) is 4.98 Å². The van der Waals surface area contributed by atoms with E-state index in [1.54, 1.807) is 12.3 Å². The molecular formula is C29H32FN5O2. The van der Waals surface area contributed by atoms with E-state index in [0.717, 1.165) is 61.1 Å². The van der Waals surface area contributed by atoms with Crippen molar-refractivity contribution >= 4 is 22.3 Å². The SMILES string of the molecule is CN1CN2c3c1cnc1cc(F)c(-c4ccc(OCCCN5CC6CC6C5)nc4)c(c31)OCC21CCC1. The van der Waals surface area contributed by atoms with Crippen LogP contribution in [0.2, 0.25) is 0 Å². The molecule has 192 valence electrons. The highest BCUT2D eigenvalue weighted by atomic mass is 19.1. The number of likely N-dealkylation sites (tertiary alicyclic amines) is 1. The van der Waals surface area contributed by atoms with E-state index >= 15 is 4.39 Å². The van der Waals surface area contributed by atoms with Crippen molar-refractivity contribution in [1.82, 2.24) is 14.9 Å². The third kappa shape index (κ3) is 3.34. The topological polar surface area (TPSA) is 54.0 Å². The van der Waals surface area contributed by atoms with Gasteiger partial charge in [-0.1, -0.05) is 0 Å². The fourth-order valence-electron chi connectivity index (χ4n) is 7.02. The second-order valence-electron chi connectivity index (χ2n) is 11.7. The maximum Gasteiger partial charge on any atom is 0.213 e. The van der Waals surface area contributed by atoms with E-state index in [2.05, 4.69) is 31.7 Å². The number of hydrogen-bond acceptors (Lipinski definition) is 7. The van der Waals surface area contributed by atoms with Gasteiger partial charge < -0.3 is 24.2 Å². The second-order valence-corrected chi connectivity index (χ2v) is 11.7. The molecule has 2 unspecified atom stereocenters. The zero-order valence-corrected chi connectivity index (χ0v) is 21.3. The summed E-state index contributed by atoms with van der Waals surface area (Å²) in [5.41, 5.74) is 3.96. The highest BCUT2D eigenvalue weighted by Gasteiger charge is 2.50. The summed E-state index contributed by atoms with van der Waals surface area (Å²) in [6.45, 7) is 5.59. The van der Waals surface area contributed by atoms with Gasteiger partial charge in [-0.2, -0.15) is 0 Å². The Labute approximate surface area is 216 Å². The van der Waals surface area contributed by atoms with Crippen LogP contribution in [0.5, 0.6) is 11.6 Å². The number of piperidine rings is 1.